The topological polar surface area (TPSA) is 54.0 Å². The Balaban J connectivity index is 2.59. The molecule has 1 aromatic heterocycles. The van der Waals surface area contributed by atoms with E-state index in [9.17, 15) is 4.79 Å². The van der Waals surface area contributed by atoms with Crippen molar-refractivity contribution in [1.82, 2.24) is 10.3 Å². The van der Waals surface area contributed by atoms with E-state index >= 15 is 0 Å². The summed E-state index contributed by atoms with van der Waals surface area (Å²) in [6.07, 6.45) is 1.69. The first kappa shape index (κ1) is 13.6. The molecule has 0 fully saturated rings. The Morgan fingerprint density at radius 2 is 2.06 bits per heavy atom. The zero-order valence-corrected chi connectivity index (χ0v) is 11.3. The highest BCUT2D eigenvalue weighted by atomic mass is 32.1. The molecule has 0 aliphatic rings. The zero-order valence-electron chi connectivity index (χ0n) is 10.5. The van der Waals surface area contributed by atoms with Crippen molar-refractivity contribution >= 4 is 29.1 Å². The molecule has 2 N–H and O–H groups in total. The molecule has 5 heteroatoms. The number of nitrogens with zero attached hydrogens (tertiary/aromatic N) is 1. The first-order valence-corrected chi connectivity index (χ1v) is 5.75. The van der Waals surface area contributed by atoms with Gasteiger partial charge in [0.05, 0.1) is 0 Å². The number of aromatic nitrogens is 1. The average molecular weight is 251 g/mol. The van der Waals surface area contributed by atoms with Crippen molar-refractivity contribution in [2.75, 3.05) is 5.32 Å². The van der Waals surface area contributed by atoms with Gasteiger partial charge >= 0.3 is 0 Å². The number of hydrogen-bond acceptors (Lipinski definition) is 3. The predicted octanol–water partition coefficient (Wildman–Crippen LogP) is 2.25. The van der Waals surface area contributed by atoms with Crippen LogP contribution in [-0.2, 0) is 4.79 Å². The molecule has 0 spiro atoms. The quantitative estimate of drug-likeness (QED) is 0.752. The Morgan fingerprint density at radius 1 is 1.41 bits per heavy atom. The molecule has 0 unspecified atom stereocenters. The molecule has 92 valence electrons. The molecule has 0 radical (unpaired) electrons. The molecule has 1 amide bonds. The second-order valence-electron chi connectivity index (χ2n) is 4.88. The molecule has 0 aliphatic carbocycles. The molecule has 0 atom stereocenters. The molecule has 0 aromatic carbocycles. The Kier molecular flexibility index (Phi) is 4.17. The summed E-state index contributed by atoms with van der Waals surface area (Å²) in [6.45, 7) is 7.45. The van der Waals surface area contributed by atoms with Gasteiger partial charge in [-0.25, -0.2) is 4.98 Å². The third-order valence-electron chi connectivity index (χ3n) is 2.07. The van der Waals surface area contributed by atoms with Crippen LogP contribution in [0.5, 0.6) is 0 Å². The van der Waals surface area contributed by atoms with Crippen LogP contribution in [0.3, 0.4) is 0 Å². The number of nitrogens with one attached hydrogen (secondary N) is 2. The molecular weight excluding hydrogens is 234 g/mol. The maximum absolute atomic E-state index is 11.7. The second-order valence-corrected chi connectivity index (χ2v) is 5.28. The van der Waals surface area contributed by atoms with Gasteiger partial charge in [0.1, 0.15) is 5.82 Å². The normalized spacial score (nSPS) is 10.8. The summed E-state index contributed by atoms with van der Waals surface area (Å²) in [5.41, 5.74) is 0.610. The molecule has 17 heavy (non-hydrogen) atoms. The van der Waals surface area contributed by atoms with Crippen LogP contribution < -0.4 is 10.6 Å². The first-order valence-electron chi connectivity index (χ1n) is 5.34. The van der Waals surface area contributed by atoms with Crippen molar-refractivity contribution in [1.29, 1.82) is 0 Å². The van der Waals surface area contributed by atoms with Gasteiger partial charge in [-0.2, -0.15) is 0 Å². The van der Waals surface area contributed by atoms with E-state index in [4.69, 9.17) is 12.2 Å². The molecule has 0 saturated carbocycles. The molecule has 1 aromatic rings. The zero-order chi connectivity index (χ0) is 13.1. The fourth-order valence-electron chi connectivity index (χ4n) is 1.04. The molecule has 1 rings (SSSR count). The van der Waals surface area contributed by atoms with Crippen molar-refractivity contribution in [3.63, 3.8) is 0 Å². The van der Waals surface area contributed by atoms with Gasteiger partial charge in [-0.15, -0.1) is 0 Å². The summed E-state index contributed by atoms with van der Waals surface area (Å²) >= 11 is 5.04. The summed E-state index contributed by atoms with van der Waals surface area (Å²) in [4.78, 5) is 15.8. The number of hydrogen-bond donors (Lipinski definition) is 2. The van der Waals surface area contributed by atoms with Gasteiger partial charge in [0.25, 0.3) is 0 Å². The van der Waals surface area contributed by atoms with E-state index in [0.717, 1.165) is 5.56 Å². The van der Waals surface area contributed by atoms with Crippen LogP contribution in [0.15, 0.2) is 18.3 Å². The third kappa shape index (κ3) is 4.48. The van der Waals surface area contributed by atoms with Gasteiger partial charge in [-0.1, -0.05) is 20.8 Å². The number of thiocarbonyl (C=S) groups is 1. The van der Waals surface area contributed by atoms with Gasteiger partial charge in [0.15, 0.2) is 5.11 Å². The van der Waals surface area contributed by atoms with Crippen LogP contribution in [0.1, 0.15) is 26.3 Å². The highest BCUT2D eigenvalue weighted by Crippen LogP contribution is 2.12. The van der Waals surface area contributed by atoms with Gasteiger partial charge in [0, 0.05) is 11.6 Å². The van der Waals surface area contributed by atoms with Crippen molar-refractivity contribution in [3.05, 3.63) is 23.9 Å². The number of aryl methyl sites for hydroxylation is 1. The Morgan fingerprint density at radius 3 is 2.59 bits per heavy atom. The number of carbonyl (C=O) groups excluding carboxylic acids is 1. The van der Waals surface area contributed by atoms with Gasteiger partial charge in [-0.3, -0.25) is 4.79 Å². The van der Waals surface area contributed by atoms with Crippen LogP contribution in [-0.4, -0.2) is 16.0 Å². The van der Waals surface area contributed by atoms with E-state index in [1.54, 1.807) is 6.20 Å². The van der Waals surface area contributed by atoms with Gasteiger partial charge < -0.3 is 10.6 Å². The number of pyridine rings is 1. The lowest BCUT2D eigenvalue weighted by Crippen LogP contribution is -2.41. The van der Waals surface area contributed by atoms with Crippen LogP contribution in [0.2, 0.25) is 0 Å². The number of anilines is 1. The number of rotatable bonds is 1. The summed E-state index contributed by atoms with van der Waals surface area (Å²) in [6, 6.07) is 3.75. The average Bonchev–Trinajstić information content (AvgIpc) is 2.15. The second kappa shape index (κ2) is 5.23. The summed E-state index contributed by atoms with van der Waals surface area (Å²) in [5, 5.41) is 5.77. The molecule has 4 nitrogen and oxygen atoms in total. The fourth-order valence-corrected chi connectivity index (χ4v) is 1.24. The van der Waals surface area contributed by atoms with E-state index in [-0.39, 0.29) is 11.0 Å². The van der Waals surface area contributed by atoms with Crippen molar-refractivity contribution in [3.8, 4) is 0 Å². The van der Waals surface area contributed by atoms with E-state index in [2.05, 4.69) is 15.6 Å². The maximum atomic E-state index is 11.7. The minimum atomic E-state index is -0.466. The van der Waals surface area contributed by atoms with E-state index in [1.165, 1.54) is 0 Å². The van der Waals surface area contributed by atoms with Crippen LogP contribution >= 0.6 is 12.2 Å². The van der Waals surface area contributed by atoms with Crippen molar-refractivity contribution < 1.29 is 4.79 Å². The first-order chi connectivity index (χ1) is 7.79. The molecule has 0 aliphatic heterocycles. The minimum Gasteiger partial charge on any atom is -0.317 e. The Bertz CT molecular complexity index is 438. The monoisotopic (exact) mass is 251 g/mol. The molecule has 0 bridgehead atoms. The Labute approximate surface area is 107 Å². The largest absolute Gasteiger partial charge is 0.317 e. The Hall–Kier alpha value is -1.49. The van der Waals surface area contributed by atoms with Crippen LogP contribution in [0.25, 0.3) is 0 Å². The number of amides is 1. The lowest BCUT2D eigenvalue weighted by Gasteiger charge is -2.18. The van der Waals surface area contributed by atoms with Gasteiger partial charge in [-0.05, 0) is 36.8 Å². The highest BCUT2D eigenvalue weighted by molar-refractivity contribution is 7.80. The number of carbonyl (C=O) groups is 1. The summed E-state index contributed by atoms with van der Waals surface area (Å²) < 4.78 is 0. The van der Waals surface area contributed by atoms with Crippen LogP contribution in [0, 0.1) is 12.3 Å². The summed E-state index contributed by atoms with van der Waals surface area (Å²) in [7, 11) is 0. The third-order valence-corrected chi connectivity index (χ3v) is 2.27. The summed E-state index contributed by atoms with van der Waals surface area (Å²) in [5.74, 6) is 0.506. The van der Waals surface area contributed by atoms with Crippen molar-refractivity contribution in [2.24, 2.45) is 5.41 Å². The van der Waals surface area contributed by atoms with E-state index < -0.39 is 5.41 Å². The van der Waals surface area contributed by atoms with Crippen LogP contribution in [0.4, 0.5) is 5.82 Å². The predicted molar refractivity (Wildman–Crippen MR) is 72.8 cm³/mol. The van der Waals surface area contributed by atoms with E-state index in [1.807, 2.05) is 39.8 Å². The smallest absolute Gasteiger partial charge is 0.231 e. The highest BCUT2D eigenvalue weighted by Gasteiger charge is 2.21. The van der Waals surface area contributed by atoms with E-state index in [0.29, 0.717) is 5.82 Å². The molecule has 0 saturated heterocycles. The van der Waals surface area contributed by atoms with Gasteiger partial charge in [0.2, 0.25) is 5.91 Å². The molecule has 1 heterocycles. The fraction of sp³-hybridized carbons (Fsp3) is 0.417. The SMILES string of the molecule is Cc1ccnc(NC(=S)NC(=O)C(C)(C)C)c1. The van der Waals surface area contributed by atoms with Crippen molar-refractivity contribution in [2.45, 2.75) is 27.7 Å². The lowest BCUT2D eigenvalue weighted by atomic mass is 9.96. The molecular formula is C12H17N3OS. The maximum Gasteiger partial charge on any atom is 0.231 e. The lowest BCUT2D eigenvalue weighted by molar-refractivity contribution is -0.126. The standard InChI is InChI=1S/C12H17N3OS/c1-8-5-6-13-9(7-8)14-11(17)15-10(16)12(2,3)4/h5-7H,1-4H3,(H2,13,14,15,16,17). The minimum absolute atomic E-state index is 0.123.